The maximum Gasteiger partial charge on any atom is 0.202 e. The molecule has 2 aromatic rings. The number of methoxy groups -OCH3 is 1. The average molecular weight is 601 g/mol. The Kier molecular flexibility index (Phi) is 15.1. The Balaban J connectivity index is 0.000000554. The SMILES string of the molecule is C#C.CC.CCC.COc1cccc2c1C(=O)c1c(O)c3c(c(O)c1C2=O)C[C@@](O)(C(=O)CO)CC3.O[C@H]1CCCCO1. The van der Waals surface area contributed by atoms with E-state index < -0.39 is 47.3 Å². The van der Waals surface area contributed by atoms with E-state index in [9.17, 15) is 29.7 Å². The normalized spacial score (nSPS) is 19.4. The van der Waals surface area contributed by atoms with Crippen molar-refractivity contribution in [2.45, 2.75) is 84.5 Å². The van der Waals surface area contributed by atoms with Crippen LogP contribution in [0, 0.1) is 12.8 Å². The first-order chi connectivity index (χ1) is 20.6. The molecule has 5 rings (SSSR count). The van der Waals surface area contributed by atoms with Gasteiger partial charge in [-0.15, -0.1) is 12.8 Å². The van der Waals surface area contributed by atoms with Crippen LogP contribution in [-0.2, 0) is 22.4 Å². The van der Waals surface area contributed by atoms with Crippen LogP contribution < -0.4 is 4.74 Å². The van der Waals surface area contributed by atoms with E-state index in [1.807, 2.05) is 13.8 Å². The molecule has 2 aromatic carbocycles. The number of hydrogen-bond donors (Lipinski definition) is 5. The molecule has 0 saturated carbocycles. The van der Waals surface area contributed by atoms with Gasteiger partial charge in [0.15, 0.2) is 17.9 Å². The van der Waals surface area contributed by atoms with Crippen LogP contribution in [0.25, 0.3) is 0 Å². The summed E-state index contributed by atoms with van der Waals surface area (Å²) in [5, 5.41) is 50.0. The first-order valence-corrected chi connectivity index (χ1v) is 14.4. The molecule has 10 heteroatoms. The van der Waals surface area contributed by atoms with Crippen molar-refractivity contribution in [1.29, 1.82) is 0 Å². The van der Waals surface area contributed by atoms with E-state index in [1.54, 1.807) is 0 Å². The molecule has 43 heavy (non-hydrogen) atoms. The quantitative estimate of drug-likeness (QED) is 0.220. The lowest BCUT2D eigenvalue weighted by Gasteiger charge is -2.34. The fourth-order valence-electron chi connectivity index (χ4n) is 4.93. The van der Waals surface area contributed by atoms with Crippen molar-refractivity contribution in [2.24, 2.45) is 0 Å². The zero-order valence-corrected chi connectivity index (χ0v) is 25.6. The number of carbonyl (C=O) groups is 3. The lowest BCUT2D eigenvalue weighted by molar-refractivity contribution is -0.141. The Labute approximate surface area is 253 Å². The monoisotopic (exact) mass is 600 g/mol. The summed E-state index contributed by atoms with van der Waals surface area (Å²) in [4.78, 5) is 38.2. The third-order valence-electron chi connectivity index (χ3n) is 6.91. The molecule has 1 saturated heterocycles. The number of benzene rings is 2. The van der Waals surface area contributed by atoms with E-state index in [0.717, 1.165) is 25.9 Å². The zero-order valence-electron chi connectivity index (χ0n) is 25.6. The topological polar surface area (TPSA) is 171 Å². The van der Waals surface area contributed by atoms with Gasteiger partial charge in [0.2, 0.25) is 5.78 Å². The lowest BCUT2D eigenvalue weighted by atomic mass is 9.73. The van der Waals surface area contributed by atoms with Crippen molar-refractivity contribution in [3.63, 3.8) is 0 Å². The first kappa shape index (κ1) is 37.3. The molecule has 0 amide bonds. The highest BCUT2D eigenvalue weighted by molar-refractivity contribution is 6.31. The van der Waals surface area contributed by atoms with E-state index in [-0.39, 0.29) is 58.4 Å². The van der Waals surface area contributed by atoms with Crippen LogP contribution in [0.15, 0.2) is 18.2 Å². The average Bonchev–Trinajstić information content (AvgIpc) is 3.03. The molecule has 5 N–H and O–H groups in total. The summed E-state index contributed by atoms with van der Waals surface area (Å²) < 4.78 is 10.0. The molecule has 0 bridgehead atoms. The second-order valence-electron chi connectivity index (χ2n) is 9.76. The highest BCUT2D eigenvalue weighted by Gasteiger charge is 2.45. The highest BCUT2D eigenvalue weighted by Crippen LogP contribution is 2.48. The summed E-state index contributed by atoms with van der Waals surface area (Å²) in [6, 6.07) is 4.47. The van der Waals surface area contributed by atoms with Gasteiger partial charge in [0.25, 0.3) is 0 Å². The van der Waals surface area contributed by atoms with Gasteiger partial charge in [-0.3, -0.25) is 14.4 Å². The van der Waals surface area contributed by atoms with Crippen LogP contribution in [-0.4, -0.2) is 75.1 Å². The second-order valence-corrected chi connectivity index (χ2v) is 9.76. The summed E-state index contributed by atoms with van der Waals surface area (Å²) >= 11 is 0. The van der Waals surface area contributed by atoms with Crippen molar-refractivity contribution in [2.75, 3.05) is 20.3 Å². The van der Waals surface area contributed by atoms with E-state index in [1.165, 1.54) is 31.7 Å². The third kappa shape index (κ3) is 8.00. The number of terminal acetylenes is 1. The standard InChI is InChI=1S/C21H18O8.C5H10O2.C3H8.C2H6.C2H2/c1-29-12-4-2-3-10-14(12)20(27)16-15(18(10)25)19(26)11-7-21(28,13(23)8-22)6-5-9(11)17(16)24;6-5-3-1-2-4-7-5;1-3-2;2*1-2/h2-4,22,24,26,28H,5-8H2,1H3;5-6H,1-4H2;3H2,1-2H3;1-2H3;1-2H/t21-;5-;;;/m11.../s1. The molecule has 2 atom stereocenters. The third-order valence-corrected chi connectivity index (χ3v) is 6.91. The Morgan fingerprint density at radius 1 is 1.02 bits per heavy atom. The maximum atomic E-state index is 13.1. The zero-order chi connectivity index (χ0) is 32.9. The molecular weight excluding hydrogens is 556 g/mol. The number of fused-ring (bicyclic) bond motifs is 3. The molecule has 10 nitrogen and oxygen atoms in total. The van der Waals surface area contributed by atoms with Gasteiger partial charge in [0, 0.05) is 29.7 Å². The van der Waals surface area contributed by atoms with Crippen LogP contribution in [0.1, 0.15) is 103 Å². The number of aromatic hydroxyl groups is 2. The van der Waals surface area contributed by atoms with Crippen LogP contribution in [0.4, 0.5) is 0 Å². The van der Waals surface area contributed by atoms with Gasteiger partial charge < -0.3 is 35.0 Å². The lowest BCUT2D eigenvalue weighted by Crippen LogP contribution is -2.45. The summed E-state index contributed by atoms with van der Waals surface area (Å²) in [5.41, 5.74) is -2.38. The number of ether oxygens (including phenoxy) is 2. The first-order valence-electron chi connectivity index (χ1n) is 14.4. The number of phenolic OH excluding ortho intramolecular Hbond substituents is 2. The van der Waals surface area contributed by atoms with Crippen LogP contribution in [0.3, 0.4) is 0 Å². The molecule has 1 heterocycles. The van der Waals surface area contributed by atoms with Crippen molar-refractivity contribution in [3.05, 3.63) is 51.6 Å². The molecule has 0 aromatic heterocycles. The molecule has 0 unspecified atom stereocenters. The molecule has 3 aliphatic rings. The van der Waals surface area contributed by atoms with Crippen LogP contribution in [0.5, 0.6) is 17.2 Å². The summed E-state index contributed by atoms with van der Waals surface area (Å²) in [7, 11) is 1.35. The maximum absolute atomic E-state index is 13.1. The van der Waals surface area contributed by atoms with Gasteiger partial charge in [-0.25, -0.2) is 0 Å². The molecule has 1 aliphatic heterocycles. The molecule has 2 aliphatic carbocycles. The number of phenols is 2. The minimum Gasteiger partial charge on any atom is -0.507 e. The number of Topliss-reactive ketones (excluding diaryl/α,β-unsaturated/α-hetero) is 1. The fraction of sp³-hybridized carbons (Fsp3) is 0.485. The molecule has 236 valence electrons. The van der Waals surface area contributed by atoms with Crippen LogP contribution in [0.2, 0.25) is 0 Å². The number of ketones is 3. The predicted octanol–water partition coefficient (Wildman–Crippen LogP) is 3.86. The smallest absolute Gasteiger partial charge is 0.202 e. The van der Waals surface area contributed by atoms with Gasteiger partial charge in [0.1, 0.15) is 29.5 Å². The number of aliphatic hydroxyl groups is 3. The van der Waals surface area contributed by atoms with Gasteiger partial charge in [-0.05, 0) is 38.2 Å². The van der Waals surface area contributed by atoms with E-state index in [0.29, 0.717) is 0 Å². The number of carbonyl (C=O) groups excluding carboxylic acids is 3. The van der Waals surface area contributed by atoms with Crippen molar-refractivity contribution in [3.8, 4) is 30.1 Å². The fourth-order valence-corrected chi connectivity index (χ4v) is 4.93. The van der Waals surface area contributed by atoms with E-state index in [2.05, 4.69) is 26.7 Å². The molecule has 0 spiro atoms. The van der Waals surface area contributed by atoms with Crippen molar-refractivity contribution < 1.29 is 49.4 Å². The minimum atomic E-state index is -1.93. The molecule has 0 radical (unpaired) electrons. The molecule has 1 fully saturated rings. The van der Waals surface area contributed by atoms with Gasteiger partial charge >= 0.3 is 0 Å². The number of aliphatic hydroxyl groups excluding tert-OH is 2. The number of rotatable bonds is 3. The Morgan fingerprint density at radius 3 is 2.09 bits per heavy atom. The van der Waals surface area contributed by atoms with Crippen molar-refractivity contribution >= 4 is 17.3 Å². The van der Waals surface area contributed by atoms with Gasteiger partial charge in [-0.1, -0.05) is 46.2 Å². The highest BCUT2D eigenvalue weighted by atomic mass is 16.6. The largest absolute Gasteiger partial charge is 0.507 e. The second kappa shape index (κ2) is 17.4. The van der Waals surface area contributed by atoms with E-state index in [4.69, 9.17) is 19.7 Å². The van der Waals surface area contributed by atoms with Gasteiger partial charge in [-0.2, -0.15) is 0 Å². The van der Waals surface area contributed by atoms with E-state index >= 15 is 0 Å². The number of hydrogen-bond acceptors (Lipinski definition) is 10. The Hall–Kier alpha value is -3.75. The van der Waals surface area contributed by atoms with Gasteiger partial charge in [0.05, 0.1) is 23.8 Å². The Bertz CT molecular complexity index is 1290. The Morgan fingerprint density at radius 2 is 1.60 bits per heavy atom. The molecular formula is C33H44O10. The summed E-state index contributed by atoms with van der Waals surface area (Å²) in [6.45, 7) is 8.11. The predicted molar refractivity (Wildman–Crippen MR) is 162 cm³/mol. The summed E-state index contributed by atoms with van der Waals surface area (Å²) in [6.07, 6.45) is 11.3. The van der Waals surface area contributed by atoms with Crippen molar-refractivity contribution in [1.82, 2.24) is 0 Å². The van der Waals surface area contributed by atoms with Crippen LogP contribution >= 0.6 is 0 Å². The summed E-state index contributed by atoms with van der Waals surface area (Å²) in [5.74, 6) is -2.99. The minimum absolute atomic E-state index is 0.00456.